The molecular formula is C18H18N4O2S. The predicted molar refractivity (Wildman–Crippen MR) is 98.1 cm³/mol. The van der Waals surface area contributed by atoms with Gasteiger partial charge < -0.3 is 15.0 Å². The molecule has 1 N–H and O–H groups in total. The molecule has 3 aromatic rings. The zero-order chi connectivity index (χ0) is 17.1. The van der Waals surface area contributed by atoms with Crippen molar-refractivity contribution < 1.29 is 9.53 Å². The van der Waals surface area contributed by atoms with Crippen molar-refractivity contribution >= 4 is 34.4 Å². The lowest BCUT2D eigenvalue weighted by atomic mass is 10.1. The molecule has 2 aromatic carbocycles. The number of rotatable bonds is 4. The van der Waals surface area contributed by atoms with Crippen molar-refractivity contribution in [3.8, 4) is 0 Å². The predicted octanol–water partition coefficient (Wildman–Crippen LogP) is 2.46. The number of ether oxygens (including phenoxy) is 1. The average Bonchev–Trinajstić information content (AvgIpc) is 3.15. The van der Waals surface area contributed by atoms with E-state index in [2.05, 4.69) is 19.0 Å². The summed E-state index contributed by atoms with van der Waals surface area (Å²) in [5.41, 5.74) is 4.55. The van der Waals surface area contributed by atoms with Gasteiger partial charge in [-0.05, 0) is 42.0 Å². The van der Waals surface area contributed by atoms with Gasteiger partial charge in [-0.2, -0.15) is 8.75 Å². The van der Waals surface area contributed by atoms with Crippen LogP contribution >= 0.6 is 11.7 Å². The minimum absolute atomic E-state index is 0.0787. The minimum Gasteiger partial charge on any atom is -0.378 e. The molecule has 25 heavy (non-hydrogen) atoms. The number of anilines is 1. The Hall–Kier alpha value is -2.51. The topological polar surface area (TPSA) is 67.4 Å². The highest BCUT2D eigenvalue weighted by Crippen LogP contribution is 2.17. The van der Waals surface area contributed by atoms with Crippen molar-refractivity contribution in [2.75, 3.05) is 31.2 Å². The second kappa shape index (κ2) is 7.16. The Bertz CT molecular complexity index is 872. The van der Waals surface area contributed by atoms with Crippen LogP contribution in [0.2, 0.25) is 0 Å². The molecule has 1 aliphatic heterocycles. The zero-order valence-corrected chi connectivity index (χ0v) is 14.5. The van der Waals surface area contributed by atoms with Crippen LogP contribution in [0.25, 0.3) is 11.0 Å². The maximum absolute atomic E-state index is 12.3. The molecule has 6 nitrogen and oxygen atoms in total. The standard InChI is InChI=1S/C18H18N4O2S/c23-18(19-12-13-1-6-16-17(11-13)21-25-20-16)14-2-4-15(5-3-14)22-7-9-24-10-8-22/h1-6,11H,7-10,12H2,(H,19,23). The van der Waals surface area contributed by atoms with E-state index < -0.39 is 0 Å². The third kappa shape index (κ3) is 3.62. The van der Waals surface area contributed by atoms with E-state index >= 15 is 0 Å². The fraction of sp³-hybridized carbons (Fsp3) is 0.278. The number of hydrogen-bond acceptors (Lipinski definition) is 6. The molecule has 1 fully saturated rings. The van der Waals surface area contributed by atoms with E-state index in [-0.39, 0.29) is 5.91 Å². The lowest BCUT2D eigenvalue weighted by molar-refractivity contribution is 0.0951. The number of aromatic nitrogens is 2. The third-order valence-corrected chi connectivity index (χ3v) is 4.83. The number of carbonyl (C=O) groups excluding carboxylic acids is 1. The molecule has 1 aliphatic rings. The Kier molecular flexibility index (Phi) is 4.58. The van der Waals surface area contributed by atoms with Gasteiger partial charge in [0.05, 0.1) is 24.9 Å². The quantitative estimate of drug-likeness (QED) is 0.779. The highest BCUT2D eigenvalue weighted by Gasteiger charge is 2.12. The molecule has 0 atom stereocenters. The lowest BCUT2D eigenvalue weighted by Gasteiger charge is -2.28. The maximum Gasteiger partial charge on any atom is 0.251 e. The molecule has 0 saturated carbocycles. The monoisotopic (exact) mass is 354 g/mol. The number of morpholine rings is 1. The van der Waals surface area contributed by atoms with Crippen LogP contribution in [0.3, 0.4) is 0 Å². The van der Waals surface area contributed by atoms with Gasteiger partial charge in [-0.15, -0.1) is 0 Å². The van der Waals surface area contributed by atoms with Gasteiger partial charge in [0, 0.05) is 30.9 Å². The molecule has 0 bridgehead atoms. The van der Waals surface area contributed by atoms with Crippen LogP contribution in [0.15, 0.2) is 42.5 Å². The summed E-state index contributed by atoms with van der Waals surface area (Å²) in [7, 11) is 0. The van der Waals surface area contributed by atoms with Gasteiger partial charge in [0.25, 0.3) is 5.91 Å². The third-order valence-electron chi connectivity index (χ3n) is 4.28. The van der Waals surface area contributed by atoms with Crippen LogP contribution in [0.5, 0.6) is 0 Å². The molecule has 7 heteroatoms. The molecule has 0 unspecified atom stereocenters. The number of fused-ring (bicyclic) bond motifs is 1. The van der Waals surface area contributed by atoms with E-state index in [0.29, 0.717) is 12.1 Å². The first-order valence-corrected chi connectivity index (χ1v) is 8.95. The Morgan fingerprint density at radius 2 is 1.84 bits per heavy atom. The van der Waals surface area contributed by atoms with E-state index in [9.17, 15) is 4.79 Å². The van der Waals surface area contributed by atoms with Crippen molar-refractivity contribution in [2.45, 2.75) is 6.54 Å². The zero-order valence-electron chi connectivity index (χ0n) is 13.6. The molecular weight excluding hydrogens is 336 g/mol. The molecule has 128 valence electrons. The SMILES string of the molecule is O=C(NCc1ccc2nsnc2c1)c1ccc(N2CCOCC2)cc1. The van der Waals surface area contributed by atoms with Crippen LogP contribution in [-0.4, -0.2) is 41.0 Å². The van der Waals surface area contributed by atoms with Crippen LogP contribution in [0.4, 0.5) is 5.69 Å². The van der Waals surface area contributed by atoms with E-state index in [1.54, 1.807) is 0 Å². The Labute approximate surface area is 149 Å². The van der Waals surface area contributed by atoms with Gasteiger partial charge in [-0.3, -0.25) is 4.79 Å². The van der Waals surface area contributed by atoms with E-state index in [4.69, 9.17) is 4.74 Å². The number of hydrogen-bond donors (Lipinski definition) is 1. The normalized spacial score (nSPS) is 14.6. The van der Waals surface area contributed by atoms with Crippen LogP contribution in [0, 0.1) is 0 Å². The molecule has 0 radical (unpaired) electrons. The van der Waals surface area contributed by atoms with Gasteiger partial charge >= 0.3 is 0 Å². The summed E-state index contributed by atoms with van der Waals surface area (Å²) in [4.78, 5) is 14.6. The number of benzene rings is 2. The average molecular weight is 354 g/mol. The highest BCUT2D eigenvalue weighted by atomic mass is 32.1. The first-order chi connectivity index (χ1) is 12.3. The molecule has 1 saturated heterocycles. The fourth-order valence-electron chi connectivity index (χ4n) is 2.87. The van der Waals surface area contributed by atoms with Crippen LogP contribution < -0.4 is 10.2 Å². The Morgan fingerprint density at radius 1 is 1.08 bits per heavy atom. The summed E-state index contributed by atoms with van der Waals surface area (Å²) in [6, 6.07) is 13.6. The number of carbonyl (C=O) groups is 1. The first-order valence-electron chi connectivity index (χ1n) is 8.22. The smallest absolute Gasteiger partial charge is 0.251 e. The van der Waals surface area contributed by atoms with Crippen LogP contribution in [0.1, 0.15) is 15.9 Å². The number of nitrogens with one attached hydrogen (secondary N) is 1. The Morgan fingerprint density at radius 3 is 2.64 bits per heavy atom. The summed E-state index contributed by atoms with van der Waals surface area (Å²) in [5.74, 6) is -0.0787. The van der Waals surface area contributed by atoms with Gasteiger partial charge in [0.2, 0.25) is 0 Å². The summed E-state index contributed by atoms with van der Waals surface area (Å²) in [5, 5.41) is 2.95. The highest BCUT2D eigenvalue weighted by molar-refractivity contribution is 7.00. The fourth-order valence-corrected chi connectivity index (χ4v) is 3.38. The Balaban J connectivity index is 1.38. The van der Waals surface area contributed by atoms with Gasteiger partial charge in [0.15, 0.2) is 0 Å². The van der Waals surface area contributed by atoms with Crippen molar-refractivity contribution in [3.63, 3.8) is 0 Å². The van der Waals surface area contributed by atoms with E-state index in [0.717, 1.165) is 48.6 Å². The minimum atomic E-state index is -0.0787. The van der Waals surface area contributed by atoms with Gasteiger partial charge in [-0.1, -0.05) is 6.07 Å². The molecule has 2 heterocycles. The van der Waals surface area contributed by atoms with Crippen molar-refractivity contribution in [1.29, 1.82) is 0 Å². The number of nitrogens with zero attached hydrogens (tertiary/aromatic N) is 3. The second-order valence-electron chi connectivity index (χ2n) is 5.92. The summed E-state index contributed by atoms with van der Waals surface area (Å²) in [6.07, 6.45) is 0. The van der Waals surface area contributed by atoms with E-state index in [1.807, 2.05) is 42.5 Å². The van der Waals surface area contributed by atoms with Crippen LogP contribution in [-0.2, 0) is 11.3 Å². The largest absolute Gasteiger partial charge is 0.378 e. The van der Waals surface area contributed by atoms with Crippen molar-refractivity contribution in [1.82, 2.24) is 14.1 Å². The summed E-state index contributed by atoms with van der Waals surface area (Å²) in [6.45, 7) is 3.75. The first kappa shape index (κ1) is 16.0. The van der Waals surface area contributed by atoms with Gasteiger partial charge in [-0.25, -0.2) is 0 Å². The van der Waals surface area contributed by atoms with E-state index in [1.165, 1.54) is 11.7 Å². The molecule has 1 amide bonds. The summed E-state index contributed by atoms with van der Waals surface area (Å²) >= 11 is 1.20. The molecule has 0 spiro atoms. The maximum atomic E-state index is 12.3. The van der Waals surface area contributed by atoms with Crippen molar-refractivity contribution in [3.05, 3.63) is 53.6 Å². The molecule has 0 aliphatic carbocycles. The van der Waals surface area contributed by atoms with Gasteiger partial charge in [0.1, 0.15) is 11.0 Å². The number of amides is 1. The molecule has 4 rings (SSSR count). The summed E-state index contributed by atoms with van der Waals surface area (Å²) < 4.78 is 13.8. The molecule has 1 aromatic heterocycles. The lowest BCUT2D eigenvalue weighted by Crippen LogP contribution is -2.36. The second-order valence-corrected chi connectivity index (χ2v) is 6.44. The van der Waals surface area contributed by atoms with Crippen molar-refractivity contribution in [2.24, 2.45) is 0 Å².